The van der Waals surface area contributed by atoms with Gasteiger partial charge in [0.05, 0.1) is 5.69 Å². The van der Waals surface area contributed by atoms with Crippen LogP contribution in [0.1, 0.15) is 18.9 Å². The van der Waals surface area contributed by atoms with Gasteiger partial charge >= 0.3 is 0 Å². The molecule has 25 heavy (non-hydrogen) atoms. The van der Waals surface area contributed by atoms with E-state index in [1.165, 1.54) is 24.4 Å². The van der Waals surface area contributed by atoms with Gasteiger partial charge < -0.3 is 16.6 Å². The Bertz CT molecular complexity index is 931. The fraction of sp³-hybridized carbons (Fsp3) is 0.176. The monoisotopic (exact) mass is 340 g/mol. The third kappa shape index (κ3) is 3.18. The lowest BCUT2D eigenvalue weighted by Crippen LogP contribution is -2.03. The van der Waals surface area contributed by atoms with Gasteiger partial charge in [0.25, 0.3) is 0 Å². The average molecular weight is 340 g/mol. The fourth-order valence-electron chi connectivity index (χ4n) is 2.51. The molecule has 0 fully saturated rings. The highest BCUT2D eigenvalue weighted by Crippen LogP contribution is 2.33. The normalized spacial score (nSPS) is 10.8. The van der Waals surface area contributed by atoms with Crippen LogP contribution in [0.4, 0.5) is 16.2 Å². The second-order valence-corrected chi connectivity index (χ2v) is 5.47. The molecule has 0 aliphatic heterocycles. The van der Waals surface area contributed by atoms with Crippen molar-refractivity contribution < 1.29 is 9.50 Å². The number of hydrogen-bond acceptors (Lipinski definition) is 7. The maximum atomic E-state index is 14.3. The van der Waals surface area contributed by atoms with E-state index >= 15 is 0 Å². The lowest BCUT2D eigenvalue weighted by Gasteiger charge is -2.11. The quantitative estimate of drug-likeness (QED) is 0.666. The van der Waals surface area contributed by atoms with Gasteiger partial charge in [-0.25, -0.2) is 24.3 Å². The van der Waals surface area contributed by atoms with Gasteiger partial charge in [-0.05, 0) is 30.2 Å². The average Bonchev–Trinajstić information content (AvgIpc) is 2.60. The van der Waals surface area contributed by atoms with Gasteiger partial charge in [0, 0.05) is 18.0 Å². The maximum absolute atomic E-state index is 14.3. The van der Waals surface area contributed by atoms with Crippen molar-refractivity contribution in [2.24, 2.45) is 0 Å². The van der Waals surface area contributed by atoms with E-state index in [1.807, 2.05) is 6.92 Å². The molecule has 0 amide bonds. The molecule has 0 saturated heterocycles. The zero-order valence-corrected chi connectivity index (χ0v) is 13.6. The van der Waals surface area contributed by atoms with Gasteiger partial charge in [0.2, 0.25) is 5.95 Å². The van der Waals surface area contributed by atoms with Crippen molar-refractivity contribution in [3.63, 3.8) is 0 Å². The van der Waals surface area contributed by atoms with Crippen LogP contribution in [-0.4, -0.2) is 25.0 Å². The molecule has 0 aliphatic carbocycles. The van der Waals surface area contributed by atoms with E-state index < -0.39 is 5.82 Å². The number of aryl methyl sites for hydroxylation is 1. The van der Waals surface area contributed by atoms with Crippen LogP contribution in [0.2, 0.25) is 0 Å². The second kappa shape index (κ2) is 6.68. The molecule has 5 N–H and O–H groups in total. The number of aromatic hydroxyl groups is 1. The number of aromatic nitrogens is 4. The molecule has 8 heteroatoms. The van der Waals surface area contributed by atoms with Crippen LogP contribution in [0.5, 0.6) is 5.75 Å². The summed E-state index contributed by atoms with van der Waals surface area (Å²) in [5.74, 6) is -0.892. The van der Waals surface area contributed by atoms with Gasteiger partial charge in [-0.15, -0.1) is 0 Å². The van der Waals surface area contributed by atoms with Crippen LogP contribution in [0, 0.1) is 5.82 Å². The second-order valence-electron chi connectivity index (χ2n) is 5.47. The summed E-state index contributed by atoms with van der Waals surface area (Å²) in [5.41, 5.74) is 13.1. The largest absolute Gasteiger partial charge is 0.506 e. The van der Waals surface area contributed by atoms with Crippen molar-refractivity contribution in [1.82, 2.24) is 19.9 Å². The van der Waals surface area contributed by atoms with Crippen LogP contribution in [0.25, 0.3) is 22.6 Å². The van der Waals surface area contributed by atoms with E-state index in [2.05, 4.69) is 19.9 Å². The lowest BCUT2D eigenvalue weighted by atomic mass is 10.1. The zero-order valence-electron chi connectivity index (χ0n) is 13.6. The molecule has 0 aromatic carbocycles. The van der Waals surface area contributed by atoms with Crippen molar-refractivity contribution in [3.05, 3.63) is 42.0 Å². The lowest BCUT2D eigenvalue weighted by molar-refractivity contribution is 0.475. The Labute approximate surface area is 143 Å². The van der Waals surface area contributed by atoms with E-state index in [4.69, 9.17) is 11.5 Å². The van der Waals surface area contributed by atoms with Crippen molar-refractivity contribution in [2.45, 2.75) is 19.8 Å². The summed E-state index contributed by atoms with van der Waals surface area (Å²) in [6.45, 7) is 2.01. The number of anilines is 2. The first-order valence-electron chi connectivity index (χ1n) is 7.73. The third-order valence-corrected chi connectivity index (χ3v) is 3.69. The van der Waals surface area contributed by atoms with E-state index in [-0.39, 0.29) is 28.8 Å². The van der Waals surface area contributed by atoms with Crippen LogP contribution >= 0.6 is 0 Å². The molecule has 0 radical (unpaired) electrons. The first kappa shape index (κ1) is 16.6. The predicted octanol–water partition coefficient (Wildman–Crippen LogP) is 2.56. The summed E-state index contributed by atoms with van der Waals surface area (Å²) < 4.78 is 14.3. The summed E-state index contributed by atoms with van der Waals surface area (Å²) >= 11 is 0. The highest BCUT2D eigenvalue weighted by molar-refractivity contribution is 5.72. The molecule has 3 rings (SSSR count). The topological polar surface area (TPSA) is 124 Å². The third-order valence-electron chi connectivity index (χ3n) is 3.69. The SMILES string of the molecule is CCCc1cnc(N)nc1-c1nc(-c2ccnc(N)c2F)ccc1O. The Balaban J connectivity index is 2.19. The van der Waals surface area contributed by atoms with E-state index in [9.17, 15) is 9.50 Å². The predicted molar refractivity (Wildman–Crippen MR) is 92.9 cm³/mol. The zero-order chi connectivity index (χ0) is 18.0. The molecule has 3 heterocycles. The minimum Gasteiger partial charge on any atom is -0.506 e. The summed E-state index contributed by atoms with van der Waals surface area (Å²) in [7, 11) is 0. The Hall–Kier alpha value is -3.29. The maximum Gasteiger partial charge on any atom is 0.220 e. The molecular formula is C17H17FN6O. The molecule has 0 unspecified atom stereocenters. The highest BCUT2D eigenvalue weighted by Gasteiger charge is 2.17. The van der Waals surface area contributed by atoms with Crippen molar-refractivity contribution >= 4 is 11.8 Å². The standard InChI is InChI=1S/C17H17FN6O/c1-2-3-9-8-22-17(20)24-14(9)15-12(25)5-4-11(23-15)10-6-7-21-16(19)13(10)18/h4-8,25H,2-3H2,1H3,(H2,19,21)(H2,20,22,24). The number of hydrogen-bond donors (Lipinski definition) is 3. The van der Waals surface area contributed by atoms with E-state index in [1.54, 1.807) is 6.20 Å². The summed E-state index contributed by atoms with van der Waals surface area (Å²) in [4.78, 5) is 16.3. The molecule has 0 aliphatic rings. The number of halogens is 1. The number of pyridine rings is 2. The van der Waals surface area contributed by atoms with Crippen molar-refractivity contribution in [3.8, 4) is 28.4 Å². The van der Waals surface area contributed by atoms with Gasteiger partial charge in [-0.2, -0.15) is 0 Å². The Morgan fingerprint density at radius 3 is 2.64 bits per heavy atom. The van der Waals surface area contributed by atoms with E-state index in [0.29, 0.717) is 17.8 Å². The minimum atomic E-state index is -0.664. The Kier molecular flexibility index (Phi) is 4.42. The van der Waals surface area contributed by atoms with Gasteiger partial charge in [-0.1, -0.05) is 13.3 Å². The molecule has 7 nitrogen and oxygen atoms in total. The van der Waals surface area contributed by atoms with Gasteiger partial charge in [0.15, 0.2) is 11.6 Å². The van der Waals surface area contributed by atoms with Crippen LogP contribution in [0.3, 0.4) is 0 Å². The summed E-state index contributed by atoms with van der Waals surface area (Å²) in [6, 6.07) is 4.40. The molecular weight excluding hydrogens is 323 g/mol. The van der Waals surface area contributed by atoms with Crippen molar-refractivity contribution in [1.29, 1.82) is 0 Å². The molecule has 3 aromatic rings. The number of nitrogens with zero attached hydrogens (tertiary/aromatic N) is 4. The molecule has 0 saturated carbocycles. The highest BCUT2D eigenvalue weighted by atomic mass is 19.1. The Morgan fingerprint density at radius 2 is 1.88 bits per heavy atom. The first-order chi connectivity index (χ1) is 12.0. The molecule has 3 aromatic heterocycles. The number of rotatable bonds is 4. The minimum absolute atomic E-state index is 0.0702. The smallest absolute Gasteiger partial charge is 0.220 e. The van der Waals surface area contributed by atoms with Gasteiger partial charge in [0.1, 0.15) is 17.1 Å². The molecule has 0 bridgehead atoms. The molecule has 0 atom stereocenters. The van der Waals surface area contributed by atoms with Crippen molar-refractivity contribution in [2.75, 3.05) is 11.5 Å². The fourth-order valence-corrected chi connectivity index (χ4v) is 2.51. The number of nitrogen functional groups attached to an aromatic ring is 2. The first-order valence-corrected chi connectivity index (χ1v) is 7.73. The molecule has 128 valence electrons. The van der Waals surface area contributed by atoms with Crippen LogP contribution < -0.4 is 11.5 Å². The summed E-state index contributed by atoms with van der Waals surface area (Å²) in [5, 5.41) is 10.2. The van der Waals surface area contributed by atoms with Gasteiger partial charge in [-0.3, -0.25) is 0 Å². The van der Waals surface area contributed by atoms with Crippen LogP contribution in [0.15, 0.2) is 30.6 Å². The Morgan fingerprint density at radius 1 is 1.08 bits per heavy atom. The van der Waals surface area contributed by atoms with Crippen LogP contribution in [-0.2, 0) is 6.42 Å². The molecule has 0 spiro atoms. The van der Waals surface area contributed by atoms with E-state index in [0.717, 1.165) is 12.0 Å². The number of nitrogens with two attached hydrogens (primary N) is 2. The summed E-state index contributed by atoms with van der Waals surface area (Å²) in [6.07, 6.45) is 4.56.